The molecular weight excluding hydrogens is 442 g/mol. The minimum absolute atomic E-state index is 0.243. The number of aryl methyl sites for hydroxylation is 1. The highest BCUT2D eigenvalue weighted by Gasteiger charge is 2.23. The number of amides is 1. The van der Waals surface area contributed by atoms with Gasteiger partial charge in [0.2, 0.25) is 0 Å². The maximum absolute atomic E-state index is 13.4. The molecule has 8 heteroatoms. The second-order valence-electron chi connectivity index (χ2n) is 7.52. The quantitative estimate of drug-likeness (QED) is 0.375. The van der Waals surface area contributed by atoms with Crippen molar-refractivity contribution < 1.29 is 13.9 Å². The predicted molar refractivity (Wildman–Crippen MR) is 130 cm³/mol. The Morgan fingerprint density at radius 3 is 2.75 bits per heavy atom. The van der Waals surface area contributed by atoms with Gasteiger partial charge < -0.3 is 19.4 Å². The van der Waals surface area contributed by atoms with Gasteiger partial charge in [-0.25, -0.2) is 4.98 Å². The predicted octanol–water partition coefficient (Wildman–Crippen LogP) is 5.58. The normalized spacial score (nSPS) is 14.1. The molecule has 0 unspecified atom stereocenters. The van der Waals surface area contributed by atoms with E-state index in [9.17, 15) is 4.79 Å². The summed E-state index contributed by atoms with van der Waals surface area (Å²) in [6, 6.07) is 15.7. The summed E-state index contributed by atoms with van der Waals surface area (Å²) in [4.78, 5) is 20.2. The molecule has 0 radical (unpaired) electrons. The number of nitrogens with zero attached hydrogens (tertiary/aromatic N) is 2. The lowest BCUT2D eigenvalue weighted by Gasteiger charge is -2.30. The number of para-hydroxylation sites is 3. The number of carbonyl (C=O) groups excluding carboxylic acids is 1. The van der Waals surface area contributed by atoms with Gasteiger partial charge in [0.25, 0.3) is 5.91 Å². The first-order valence-corrected chi connectivity index (χ1v) is 12.3. The number of furan rings is 1. The van der Waals surface area contributed by atoms with Crippen molar-refractivity contribution >= 4 is 51.3 Å². The van der Waals surface area contributed by atoms with Crippen LogP contribution in [0.3, 0.4) is 0 Å². The summed E-state index contributed by atoms with van der Waals surface area (Å²) >= 11 is 3.24. The number of thioether (sulfide) groups is 1. The Bertz CT molecular complexity index is 1240. The van der Waals surface area contributed by atoms with Gasteiger partial charge in [0, 0.05) is 40.9 Å². The van der Waals surface area contributed by atoms with Crippen molar-refractivity contribution in [2.45, 2.75) is 17.0 Å². The summed E-state index contributed by atoms with van der Waals surface area (Å²) in [6.45, 7) is 4.95. The van der Waals surface area contributed by atoms with Crippen molar-refractivity contribution in [3.8, 4) is 0 Å². The van der Waals surface area contributed by atoms with Crippen molar-refractivity contribution in [3.05, 3.63) is 70.9 Å². The number of anilines is 2. The maximum atomic E-state index is 13.4. The minimum atomic E-state index is -0.243. The molecule has 0 bridgehead atoms. The van der Waals surface area contributed by atoms with Gasteiger partial charge in [0.1, 0.15) is 9.92 Å². The number of nitrogens with one attached hydrogen (secondary N) is 1. The standard InChI is InChI=1S/C24H23N3O3S2/c1-16-14-31-24(25-16)32-15-18-17-6-2-5-9-21(17)30-22(18)23(28)26-19-7-3-4-8-20(19)27-10-12-29-13-11-27/h2-9,14H,10-13,15H2,1H3,(H,26,28). The average Bonchev–Trinajstić information content (AvgIpc) is 3.41. The van der Waals surface area contributed by atoms with Crippen LogP contribution in [-0.2, 0) is 10.5 Å². The average molecular weight is 466 g/mol. The summed E-state index contributed by atoms with van der Waals surface area (Å²) in [6.07, 6.45) is 0. The Balaban J connectivity index is 1.44. The SMILES string of the molecule is Cc1csc(SCc2c(C(=O)Nc3ccccc3N3CCOCC3)oc3ccccc23)n1. The number of hydrogen-bond donors (Lipinski definition) is 1. The fourth-order valence-corrected chi connectivity index (χ4v) is 5.67. The highest BCUT2D eigenvalue weighted by atomic mass is 32.2. The number of aromatic nitrogens is 1. The van der Waals surface area contributed by atoms with Crippen molar-refractivity contribution in [1.82, 2.24) is 4.98 Å². The van der Waals surface area contributed by atoms with E-state index < -0.39 is 0 Å². The van der Waals surface area contributed by atoms with E-state index >= 15 is 0 Å². The molecule has 1 aliphatic heterocycles. The highest BCUT2D eigenvalue weighted by Crippen LogP contribution is 2.34. The van der Waals surface area contributed by atoms with E-state index in [0.29, 0.717) is 30.3 Å². The molecule has 0 spiro atoms. The number of carbonyl (C=O) groups is 1. The van der Waals surface area contributed by atoms with E-state index in [-0.39, 0.29) is 5.91 Å². The number of fused-ring (bicyclic) bond motifs is 1. The second kappa shape index (κ2) is 9.36. The van der Waals surface area contributed by atoms with Crippen LogP contribution in [0.15, 0.2) is 62.7 Å². The van der Waals surface area contributed by atoms with Gasteiger partial charge in [-0.05, 0) is 25.1 Å². The lowest BCUT2D eigenvalue weighted by atomic mass is 10.1. The topological polar surface area (TPSA) is 67.6 Å². The van der Waals surface area contributed by atoms with Gasteiger partial charge in [-0.1, -0.05) is 42.1 Å². The maximum Gasteiger partial charge on any atom is 0.291 e. The monoisotopic (exact) mass is 465 g/mol. The van der Waals surface area contributed by atoms with Crippen molar-refractivity contribution in [2.24, 2.45) is 0 Å². The summed E-state index contributed by atoms with van der Waals surface area (Å²) in [7, 11) is 0. The lowest BCUT2D eigenvalue weighted by molar-refractivity contribution is 0.0998. The number of morpholine rings is 1. The third-order valence-electron chi connectivity index (χ3n) is 5.35. The van der Waals surface area contributed by atoms with E-state index in [1.807, 2.05) is 60.8 Å². The molecule has 2 aromatic heterocycles. The summed E-state index contributed by atoms with van der Waals surface area (Å²) in [5.41, 5.74) is 4.38. The van der Waals surface area contributed by atoms with Gasteiger partial charge >= 0.3 is 0 Å². The van der Waals surface area contributed by atoms with Crippen LogP contribution in [-0.4, -0.2) is 37.2 Å². The second-order valence-corrected chi connectivity index (χ2v) is 9.60. The Morgan fingerprint density at radius 2 is 1.94 bits per heavy atom. The zero-order valence-electron chi connectivity index (χ0n) is 17.7. The Kier molecular flexibility index (Phi) is 6.16. The molecule has 6 nitrogen and oxygen atoms in total. The molecule has 4 aromatic rings. The molecule has 1 fully saturated rings. The molecule has 5 rings (SSSR count). The first-order chi connectivity index (χ1) is 15.7. The third-order valence-corrected chi connectivity index (χ3v) is 7.51. The number of hydrogen-bond acceptors (Lipinski definition) is 7. The summed E-state index contributed by atoms with van der Waals surface area (Å²) < 4.78 is 12.5. The van der Waals surface area contributed by atoms with Gasteiger partial charge in [0.05, 0.1) is 24.6 Å². The molecule has 1 saturated heterocycles. The molecule has 2 aromatic carbocycles. The van der Waals surface area contributed by atoms with E-state index in [1.165, 1.54) is 0 Å². The fourth-order valence-electron chi connectivity index (χ4n) is 3.80. The van der Waals surface area contributed by atoms with Crippen LogP contribution in [0.5, 0.6) is 0 Å². The van der Waals surface area contributed by atoms with Gasteiger partial charge in [-0.2, -0.15) is 0 Å². The number of thiazole rings is 1. The number of rotatable bonds is 6. The van der Waals surface area contributed by atoms with Crippen molar-refractivity contribution in [3.63, 3.8) is 0 Å². The molecule has 1 N–H and O–H groups in total. The van der Waals surface area contributed by atoms with E-state index in [0.717, 1.165) is 45.4 Å². The van der Waals surface area contributed by atoms with Crippen LogP contribution in [0.2, 0.25) is 0 Å². The minimum Gasteiger partial charge on any atom is -0.451 e. The number of ether oxygens (including phenoxy) is 1. The Labute approximate surface area is 194 Å². The Hall–Kier alpha value is -2.81. The largest absolute Gasteiger partial charge is 0.451 e. The van der Waals surface area contributed by atoms with Crippen LogP contribution in [0.4, 0.5) is 11.4 Å². The molecule has 0 aliphatic carbocycles. The molecule has 32 heavy (non-hydrogen) atoms. The van der Waals surface area contributed by atoms with Crippen LogP contribution in [0.1, 0.15) is 21.8 Å². The van der Waals surface area contributed by atoms with Gasteiger partial charge in [0.15, 0.2) is 5.76 Å². The van der Waals surface area contributed by atoms with Crippen LogP contribution >= 0.6 is 23.1 Å². The van der Waals surface area contributed by atoms with Crippen molar-refractivity contribution in [2.75, 3.05) is 36.5 Å². The number of benzene rings is 2. The molecule has 1 amide bonds. The molecule has 3 heterocycles. The zero-order chi connectivity index (χ0) is 21.9. The third kappa shape index (κ3) is 4.39. The van der Waals surface area contributed by atoms with Crippen molar-refractivity contribution in [1.29, 1.82) is 0 Å². The van der Waals surface area contributed by atoms with Crippen LogP contribution in [0, 0.1) is 6.92 Å². The molecule has 0 saturated carbocycles. The van der Waals surface area contributed by atoms with Crippen LogP contribution < -0.4 is 10.2 Å². The van der Waals surface area contributed by atoms with E-state index in [4.69, 9.17) is 9.15 Å². The Morgan fingerprint density at radius 1 is 1.16 bits per heavy atom. The first-order valence-electron chi connectivity index (χ1n) is 10.5. The zero-order valence-corrected chi connectivity index (χ0v) is 19.3. The summed E-state index contributed by atoms with van der Waals surface area (Å²) in [5.74, 6) is 0.717. The molecular formula is C24H23N3O3S2. The van der Waals surface area contributed by atoms with Crippen LogP contribution in [0.25, 0.3) is 11.0 Å². The van der Waals surface area contributed by atoms with E-state index in [2.05, 4.69) is 15.2 Å². The lowest BCUT2D eigenvalue weighted by Crippen LogP contribution is -2.36. The van der Waals surface area contributed by atoms with E-state index in [1.54, 1.807) is 23.1 Å². The summed E-state index contributed by atoms with van der Waals surface area (Å²) in [5, 5.41) is 6.08. The molecule has 164 valence electrons. The first kappa shape index (κ1) is 21.1. The smallest absolute Gasteiger partial charge is 0.291 e. The van der Waals surface area contributed by atoms with Gasteiger partial charge in [-0.15, -0.1) is 11.3 Å². The molecule has 1 aliphatic rings. The fraction of sp³-hybridized carbons (Fsp3) is 0.250. The van der Waals surface area contributed by atoms with Gasteiger partial charge in [-0.3, -0.25) is 4.79 Å². The molecule has 0 atom stereocenters. The highest BCUT2D eigenvalue weighted by molar-refractivity contribution is 8.00.